The zero-order valence-corrected chi connectivity index (χ0v) is 21.9. The highest BCUT2D eigenvalue weighted by molar-refractivity contribution is 7.20. The van der Waals surface area contributed by atoms with Crippen LogP contribution in [0.1, 0.15) is 49.8 Å². The first kappa shape index (κ1) is 32.3. The molecule has 0 bridgehead atoms. The summed E-state index contributed by atoms with van der Waals surface area (Å²) in [6, 6.07) is 5.95. The number of carbonyl (C=O) groups is 4. The normalized spacial score (nSPS) is 12.6. The minimum atomic E-state index is -5.08. The molecule has 0 fully saturated rings. The lowest BCUT2D eigenvalue weighted by molar-refractivity contribution is -0.192. The number of para-hydroxylation sites is 1. The molecule has 2 amide bonds. The van der Waals surface area contributed by atoms with Gasteiger partial charge in [0.25, 0.3) is 0 Å². The number of nitrogens with one attached hydrogen (secondary N) is 2. The first-order valence-corrected chi connectivity index (χ1v) is 12.3. The lowest BCUT2D eigenvalue weighted by atomic mass is 10.0. The average Bonchev–Trinajstić information content (AvgIpc) is 3.23. The van der Waals surface area contributed by atoms with Crippen LogP contribution in [0, 0.1) is 5.92 Å². The van der Waals surface area contributed by atoms with Gasteiger partial charge >= 0.3 is 12.1 Å². The van der Waals surface area contributed by atoms with Crippen molar-refractivity contribution in [3.05, 3.63) is 29.3 Å². The van der Waals surface area contributed by atoms with Gasteiger partial charge in [0.15, 0.2) is 11.0 Å². The summed E-state index contributed by atoms with van der Waals surface area (Å²) in [7, 11) is 0. The fraction of sp³-hybridized carbons (Fsp3) is 0.478. The molecular formula is C23H31F3N6O5S. The molecule has 0 aliphatic carbocycles. The highest BCUT2D eigenvalue weighted by Crippen LogP contribution is 2.23. The Morgan fingerprint density at radius 2 is 1.71 bits per heavy atom. The number of guanidine groups is 1. The molecule has 2 aromatic rings. The highest BCUT2D eigenvalue weighted by Gasteiger charge is 2.38. The number of thiazole rings is 1. The van der Waals surface area contributed by atoms with E-state index < -0.39 is 30.1 Å². The Hall–Kier alpha value is -3.75. The van der Waals surface area contributed by atoms with Gasteiger partial charge in [-0.3, -0.25) is 19.4 Å². The molecule has 15 heteroatoms. The summed E-state index contributed by atoms with van der Waals surface area (Å²) in [4.78, 5) is 54.9. The minimum Gasteiger partial charge on any atom is -0.475 e. The monoisotopic (exact) mass is 560 g/mol. The molecule has 210 valence electrons. The quantitative estimate of drug-likeness (QED) is 0.120. The van der Waals surface area contributed by atoms with E-state index in [2.05, 4.69) is 20.6 Å². The van der Waals surface area contributed by atoms with E-state index in [0.29, 0.717) is 30.8 Å². The van der Waals surface area contributed by atoms with Crippen LogP contribution in [0.3, 0.4) is 0 Å². The van der Waals surface area contributed by atoms with Crippen LogP contribution in [-0.2, 0) is 14.4 Å². The van der Waals surface area contributed by atoms with Crippen molar-refractivity contribution in [3.8, 4) is 0 Å². The van der Waals surface area contributed by atoms with Crippen LogP contribution in [0.5, 0.6) is 0 Å². The van der Waals surface area contributed by atoms with Gasteiger partial charge in [-0.2, -0.15) is 13.2 Å². The third-order valence-corrected chi connectivity index (χ3v) is 5.78. The molecule has 11 nitrogen and oxygen atoms in total. The predicted octanol–water partition coefficient (Wildman–Crippen LogP) is 2.20. The van der Waals surface area contributed by atoms with Crippen LogP contribution >= 0.6 is 11.3 Å². The van der Waals surface area contributed by atoms with Crippen LogP contribution in [0.2, 0.25) is 0 Å². The molecule has 0 saturated heterocycles. The molecule has 38 heavy (non-hydrogen) atoms. The average molecular weight is 561 g/mol. The number of Topliss-reactive ketones (excluding diaryl/α,β-unsaturated/α-hetero) is 1. The molecule has 0 aliphatic rings. The fourth-order valence-corrected chi connectivity index (χ4v) is 4.08. The van der Waals surface area contributed by atoms with Crippen molar-refractivity contribution in [2.75, 3.05) is 6.54 Å². The van der Waals surface area contributed by atoms with Gasteiger partial charge in [0, 0.05) is 13.5 Å². The number of nitrogens with two attached hydrogens (primary N) is 2. The molecule has 7 N–H and O–H groups in total. The Morgan fingerprint density at radius 3 is 2.21 bits per heavy atom. The van der Waals surface area contributed by atoms with Crippen LogP contribution in [0.15, 0.2) is 29.3 Å². The highest BCUT2D eigenvalue weighted by atomic mass is 32.1. The van der Waals surface area contributed by atoms with Gasteiger partial charge in [0.2, 0.25) is 17.6 Å². The number of benzene rings is 1. The number of hydrogen-bond acceptors (Lipinski definition) is 7. The van der Waals surface area contributed by atoms with Gasteiger partial charge in [0.05, 0.1) is 16.3 Å². The van der Waals surface area contributed by atoms with Crippen LogP contribution in [0.4, 0.5) is 13.2 Å². The first-order chi connectivity index (χ1) is 17.6. The number of hydrogen-bond donors (Lipinski definition) is 5. The number of rotatable bonds is 11. The van der Waals surface area contributed by atoms with Gasteiger partial charge in [-0.1, -0.05) is 26.0 Å². The smallest absolute Gasteiger partial charge is 0.475 e. The first-order valence-electron chi connectivity index (χ1n) is 11.4. The van der Waals surface area contributed by atoms with Crippen molar-refractivity contribution >= 4 is 51.1 Å². The van der Waals surface area contributed by atoms with Crippen molar-refractivity contribution in [2.24, 2.45) is 22.4 Å². The second kappa shape index (κ2) is 14.9. The Balaban J connectivity index is 0.000000905. The number of aliphatic imine (C=N–C) groups is 1. The molecule has 1 aromatic carbocycles. The second-order valence-electron chi connectivity index (χ2n) is 8.55. The zero-order chi connectivity index (χ0) is 29.0. The molecule has 0 saturated carbocycles. The Bertz CT molecular complexity index is 1120. The number of halogens is 3. The number of amides is 2. The molecule has 0 spiro atoms. The number of ketones is 1. The van der Waals surface area contributed by atoms with E-state index in [1.54, 1.807) is 0 Å². The van der Waals surface area contributed by atoms with E-state index in [9.17, 15) is 27.6 Å². The van der Waals surface area contributed by atoms with Gasteiger partial charge < -0.3 is 27.2 Å². The molecule has 0 unspecified atom stereocenters. The summed E-state index contributed by atoms with van der Waals surface area (Å²) in [6.07, 6.45) is -3.79. The lowest BCUT2D eigenvalue weighted by Gasteiger charge is -2.23. The minimum absolute atomic E-state index is 0.0271. The Kier molecular flexibility index (Phi) is 12.6. The van der Waals surface area contributed by atoms with Gasteiger partial charge in [-0.05, 0) is 37.3 Å². The van der Waals surface area contributed by atoms with E-state index in [1.807, 2.05) is 38.1 Å². The van der Waals surface area contributed by atoms with Crippen molar-refractivity contribution in [3.63, 3.8) is 0 Å². The summed E-state index contributed by atoms with van der Waals surface area (Å²) in [5.41, 5.74) is 11.5. The van der Waals surface area contributed by atoms with E-state index in [0.717, 1.165) is 10.2 Å². The summed E-state index contributed by atoms with van der Waals surface area (Å²) in [6.45, 7) is 5.62. The summed E-state index contributed by atoms with van der Waals surface area (Å²) in [5, 5.41) is 12.9. The number of fused-ring (bicyclic) bond motifs is 1. The van der Waals surface area contributed by atoms with E-state index in [1.165, 1.54) is 18.3 Å². The number of alkyl halides is 3. The number of aliphatic carboxylic acids is 1. The number of nitrogens with zero attached hydrogens (tertiary/aromatic N) is 2. The number of carbonyl (C=O) groups excluding carboxylic acids is 3. The molecule has 2 atom stereocenters. The Labute approximate surface area is 220 Å². The maximum absolute atomic E-state index is 13.2. The van der Waals surface area contributed by atoms with Gasteiger partial charge in [0.1, 0.15) is 6.04 Å². The molecular weight excluding hydrogens is 529 g/mol. The number of aromatic nitrogens is 1. The van der Waals surface area contributed by atoms with Crippen molar-refractivity contribution in [1.29, 1.82) is 0 Å². The van der Waals surface area contributed by atoms with Gasteiger partial charge in [-0.25, -0.2) is 9.78 Å². The lowest BCUT2D eigenvalue weighted by Crippen LogP contribution is -2.51. The molecule has 0 aliphatic heterocycles. The third-order valence-electron chi connectivity index (χ3n) is 4.73. The van der Waals surface area contributed by atoms with Crippen molar-refractivity contribution in [1.82, 2.24) is 15.6 Å². The van der Waals surface area contributed by atoms with E-state index in [4.69, 9.17) is 21.4 Å². The molecule has 1 heterocycles. The molecule has 2 rings (SSSR count). The standard InChI is InChI=1S/C21H30N6O3S.C2HF3O2/c1-12(2)11-16(25-13(3)28)19(30)26-15(8-6-10-24-21(22)23)18(29)20-27-14-7-4-5-9-17(14)31-20;3-2(4,5)1(6)7/h4-5,7,9,12,15-16H,6,8,10-11H2,1-3H3,(H,25,28)(H,26,30)(H4,22,23,24);(H,6,7)/t15-,16-;/m0./s1. The largest absolute Gasteiger partial charge is 0.490 e. The predicted molar refractivity (Wildman–Crippen MR) is 137 cm³/mol. The molecule has 0 radical (unpaired) electrons. The van der Waals surface area contributed by atoms with Gasteiger partial charge in [-0.15, -0.1) is 11.3 Å². The maximum atomic E-state index is 13.2. The third kappa shape index (κ3) is 11.5. The fourth-order valence-electron chi connectivity index (χ4n) is 3.12. The topological polar surface area (TPSA) is 190 Å². The Morgan fingerprint density at radius 1 is 1.11 bits per heavy atom. The summed E-state index contributed by atoms with van der Waals surface area (Å²) < 4.78 is 32.6. The maximum Gasteiger partial charge on any atom is 0.490 e. The van der Waals surface area contributed by atoms with E-state index in [-0.39, 0.29) is 23.6 Å². The van der Waals surface area contributed by atoms with Crippen molar-refractivity contribution in [2.45, 2.75) is 58.3 Å². The summed E-state index contributed by atoms with van der Waals surface area (Å²) in [5.74, 6) is -3.57. The summed E-state index contributed by atoms with van der Waals surface area (Å²) >= 11 is 1.29. The zero-order valence-electron chi connectivity index (χ0n) is 21.0. The number of carboxylic acids is 1. The van der Waals surface area contributed by atoms with Crippen LogP contribution in [0.25, 0.3) is 10.2 Å². The van der Waals surface area contributed by atoms with Crippen LogP contribution in [-0.4, -0.2) is 64.4 Å². The van der Waals surface area contributed by atoms with E-state index >= 15 is 0 Å². The van der Waals surface area contributed by atoms with Crippen molar-refractivity contribution < 1.29 is 37.5 Å². The second-order valence-corrected chi connectivity index (χ2v) is 9.58. The van der Waals surface area contributed by atoms with Crippen LogP contribution < -0.4 is 22.1 Å². The SMILES string of the molecule is CC(=O)N[C@@H](CC(C)C)C(=O)N[C@@H](CCCN=C(N)N)C(=O)c1nc2ccccc2s1.O=C(O)C(F)(F)F. The number of carboxylic acid groups (broad SMARTS) is 1. The molecule has 1 aromatic heterocycles.